The molecule has 0 saturated heterocycles. The van der Waals surface area contributed by atoms with Crippen molar-refractivity contribution in [1.82, 2.24) is 0 Å². The molecule has 0 radical (unpaired) electrons. The smallest absolute Gasteiger partial charge is 0.337 e. The van der Waals surface area contributed by atoms with Crippen molar-refractivity contribution in [3.8, 4) is 0 Å². The third kappa shape index (κ3) is 5.36. The Labute approximate surface area is 163 Å². The highest BCUT2D eigenvalue weighted by Crippen LogP contribution is 2.38. The van der Waals surface area contributed by atoms with E-state index in [2.05, 4.69) is 31.9 Å². The second-order valence-corrected chi connectivity index (χ2v) is 6.83. The van der Waals surface area contributed by atoms with Crippen LogP contribution in [0, 0.1) is 5.92 Å². The van der Waals surface area contributed by atoms with Crippen LogP contribution < -0.4 is 10.8 Å². The zero-order valence-electron chi connectivity index (χ0n) is 16.7. The van der Waals surface area contributed by atoms with E-state index in [1.807, 2.05) is 51.1 Å². The molecule has 0 amide bonds. The van der Waals surface area contributed by atoms with Gasteiger partial charge in [-0.2, -0.15) is 0 Å². The third-order valence-electron chi connectivity index (χ3n) is 4.64. The monoisotopic (exact) mass is 361 g/mol. The number of carboxylic acid groups (broad SMARTS) is 1. The first-order valence-corrected chi connectivity index (χ1v) is 9.38. The van der Waals surface area contributed by atoms with Crippen LogP contribution in [0.2, 0.25) is 0 Å². The summed E-state index contributed by atoms with van der Waals surface area (Å²) in [6.45, 7) is 9.91. The van der Waals surface area contributed by atoms with Crippen LogP contribution >= 0.6 is 0 Å². The highest BCUT2D eigenvalue weighted by Gasteiger charge is 2.25. The van der Waals surface area contributed by atoms with Gasteiger partial charge in [-0.05, 0) is 74.4 Å². The summed E-state index contributed by atoms with van der Waals surface area (Å²) in [6.07, 6.45) is 14.1. The van der Waals surface area contributed by atoms with Gasteiger partial charge in [-0.25, -0.2) is 4.79 Å². The van der Waals surface area contributed by atoms with Gasteiger partial charge < -0.3 is 10.4 Å². The molecule has 0 aliphatic heterocycles. The number of benzene rings is 1. The van der Waals surface area contributed by atoms with Gasteiger partial charge in [-0.3, -0.25) is 0 Å². The first kappa shape index (κ1) is 20.6. The Morgan fingerprint density at radius 3 is 2.41 bits per heavy atom. The van der Waals surface area contributed by atoms with E-state index in [9.17, 15) is 9.90 Å². The number of carbonyl (C=O) groups is 1. The van der Waals surface area contributed by atoms with Crippen molar-refractivity contribution >= 4 is 37.1 Å². The molecule has 2 rings (SSSR count). The summed E-state index contributed by atoms with van der Waals surface area (Å²) in [7, 11) is 2.05. The zero-order valence-corrected chi connectivity index (χ0v) is 16.7. The Balaban J connectivity index is 2.35. The maximum absolute atomic E-state index is 11.8. The van der Waals surface area contributed by atoms with Crippen molar-refractivity contribution in [2.45, 2.75) is 33.6 Å². The second-order valence-electron chi connectivity index (χ2n) is 6.83. The molecule has 140 valence electrons. The van der Waals surface area contributed by atoms with Crippen LogP contribution in [-0.2, 0) is 4.79 Å². The van der Waals surface area contributed by atoms with E-state index in [1.165, 1.54) is 0 Å². The van der Waals surface area contributed by atoms with Crippen LogP contribution in [0.3, 0.4) is 0 Å². The maximum atomic E-state index is 11.8. The molecule has 4 heteroatoms. The largest absolute Gasteiger partial charge is 0.478 e. The molecule has 0 spiro atoms. The maximum Gasteiger partial charge on any atom is 0.337 e. The highest BCUT2D eigenvalue weighted by atomic mass is 16.4. The summed E-state index contributed by atoms with van der Waals surface area (Å²) >= 11 is 0. The van der Waals surface area contributed by atoms with Crippen molar-refractivity contribution < 1.29 is 9.90 Å². The average molecular weight is 361 g/mol. The summed E-state index contributed by atoms with van der Waals surface area (Å²) in [5.41, 5.74) is 5.87. The summed E-state index contributed by atoms with van der Waals surface area (Å²) in [5.74, 6) is -0.482. The number of anilines is 1. The molecule has 0 unspecified atom stereocenters. The lowest BCUT2D eigenvalue weighted by atomic mass is 9.86. The minimum absolute atomic E-state index is 0.206. The molecule has 1 fully saturated rings. The molecule has 0 aromatic heterocycles. The molecule has 1 aromatic rings. The number of nitrogens with one attached hydrogen (secondary N) is 1. The van der Waals surface area contributed by atoms with Gasteiger partial charge in [0.2, 0.25) is 0 Å². The van der Waals surface area contributed by atoms with E-state index in [0.717, 1.165) is 40.7 Å². The van der Waals surface area contributed by atoms with Gasteiger partial charge in [0.05, 0.1) is 5.57 Å². The molecule has 3 nitrogen and oxygen atoms in total. The second kappa shape index (κ2) is 9.27. The summed E-state index contributed by atoms with van der Waals surface area (Å²) in [6, 6.07) is 4.04. The molecule has 1 aliphatic rings. The Morgan fingerprint density at radius 2 is 1.89 bits per heavy atom. The summed E-state index contributed by atoms with van der Waals surface area (Å²) < 4.78 is 0. The normalized spacial score (nSPS) is 15.5. The van der Waals surface area contributed by atoms with Crippen LogP contribution in [-0.4, -0.2) is 18.9 Å². The molecule has 1 saturated carbocycles. The third-order valence-corrected chi connectivity index (χ3v) is 4.64. The van der Waals surface area contributed by atoms with Gasteiger partial charge in [-0.15, -0.1) is 0 Å². The number of hydrogen-bond acceptors (Lipinski definition) is 2. The minimum Gasteiger partial charge on any atom is -0.478 e. The summed E-state index contributed by atoms with van der Waals surface area (Å²) in [4.78, 5) is 11.8. The predicted octanol–water partition coefficient (Wildman–Crippen LogP) is 4.30. The number of hydrogen-bond donors (Lipinski definition) is 2. The van der Waals surface area contributed by atoms with Crippen LogP contribution in [0.5, 0.6) is 0 Å². The van der Waals surface area contributed by atoms with Crippen molar-refractivity contribution in [2.24, 2.45) is 5.92 Å². The Bertz CT molecular complexity index is 855. The molecule has 0 heterocycles. The quantitative estimate of drug-likeness (QED) is 0.412. The molecule has 0 atom stereocenters. The number of aliphatic carboxylic acids is 1. The fourth-order valence-corrected chi connectivity index (χ4v) is 3.15. The van der Waals surface area contributed by atoms with Gasteiger partial charge in [0.15, 0.2) is 0 Å². The SMILES string of the molecule is Bc1cc(NC(=C)/C(=C\C(=C/C)C2CC2)C(=O)O)cc(/C=C\C)c1/C=C\C. The molecular weight excluding hydrogens is 333 g/mol. The number of allylic oxidation sites excluding steroid dienone is 5. The van der Waals surface area contributed by atoms with Crippen molar-refractivity contribution in [3.05, 3.63) is 71.0 Å². The van der Waals surface area contributed by atoms with Gasteiger partial charge in [0.1, 0.15) is 7.85 Å². The first-order chi connectivity index (χ1) is 12.9. The summed E-state index contributed by atoms with van der Waals surface area (Å²) in [5, 5.41) is 12.9. The Kier molecular flexibility index (Phi) is 7.06. The molecule has 0 bridgehead atoms. The van der Waals surface area contributed by atoms with E-state index in [-0.39, 0.29) is 5.57 Å². The predicted molar refractivity (Wildman–Crippen MR) is 119 cm³/mol. The van der Waals surface area contributed by atoms with Crippen molar-refractivity contribution in [2.75, 3.05) is 5.32 Å². The Hall–Kier alpha value is -2.75. The molecule has 1 aromatic carbocycles. The Morgan fingerprint density at radius 1 is 1.22 bits per heavy atom. The first-order valence-electron chi connectivity index (χ1n) is 9.38. The fourth-order valence-electron chi connectivity index (χ4n) is 3.15. The zero-order chi connectivity index (χ0) is 20.0. The lowest BCUT2D eigenvalue weighted by Gasteiger charge is -2.15. The lowest BCUT2D eigenvalue weighted by molar-refractivity contribution is -0.132. The van der Waals surface area contributed by atoms with Crippen LogP contribution in [0.4, 0.5) is 5.69 Å². The highest BCUT2D eigenvalue weighted by molar-refractivity contribution is 6.35. The number of rotatable bonds is 8. The van der Waals surface area contributed by atoms with E-state index < -0.39 is 5.97 Å². The average Bonchev–Trinajstić information content (AvgIpc) is 3.43. The lowest BCUT2D eigenvalue weighted by Crippen LogP contribution is -2.14. The van der Waals surface area contributed by atoms with Crippen LogP contribution in [0.1, 0.15) is 44.7 Å². The van der Waals surface area contributed by atoms with Crippen LogP contribution in [0.25, 0.3) is 12.2 Å². The fraction of sp³-hybridized carbons (Fsp3) is 0.261. The van der Waals surface area contributed by atoms with Gasteiger partial charge in [0, 0.05) is 11.4 Å². The molecule has 27 heavy (non-hydrogen) atoms. The van der Waals surface area contributed by atoms with E-state index in [0.29, 0.717) is 11.6 Å². The molecule has 1 aliphatic carbocycles. The van der Waals surface area contributed by atoms with Crippen LogP contribution in [0.15, 0.2) is 59.9 Å². The topological polar surface area (TPSA) is 49.3 Å². The van der Waals surface area contributed by atoms with Gasteiger partial charge >= 0.3 is 5.97 Å². The number of carboxylic acids is 1. The molecule has 2 N–H and O–H groups in total. The van der Waals surface area contributed by atoms with Crippen molar-refractivity contribution in [3.63, 3.8) is 0 Å². The van der Waals surface area contributed by atoms with E-state index in [1.54, 1.807) is 6.08 Å². The molecular formula is C23H28BNO2. The van der Waals surface area contributed by atoms with Crippen molar-refractivity contribution in [1.29, 1.82) is 0 Å². The van der Waals surface area contributed by atoms with E-state index >= 15 is 0 Å². The van der Waals surface area contributed by atoms with Gasteiger partial charge in [0.25, 0.3) is 0 Å². The minimum atomic E-state index is -0.969. The van der Waals surface area contributed by atoms with Gasteiger partial charge in [-0.1, -0.05) is 42.4 Å². The standard InChI is InChI=1S/C23H28BNO2/c1-5-8-18-12-19(14-22(24)20(18)9-6-2)25-15(4)21(23(26)27)13-16(7-3)17-10-11-17/h5-9,12-14,17,25H,4,10-11,24H2,1-3H3,(H,26,27)/b8-5-,9-6-,16-7+,21-13+. The van der Waals surface area contributed by atoms with E-state index in [4.69, 9.17) is 0 Å².